The van der Waals surface area contributed by atoms with Crippen LogP contribution in [-0.2, 0) is 0 Å². The molecule has 0 N–H and O–H groups in total. The van der Waals surface area contributed by atoms with E-state index in [0.717, 1.165) is 44.3 Å². The second kappa shape index (κ2) is 13.6. The van der Waals surface area contributed by atoms with Crippen molar-refractivity contribution >= 4 is 43.4 Å². The van der Waals surface area contributed by atoms with Gasteiger partial charge in [0.1, 0.15) is 0 Å². The molecule has 11 aromatic rings. The highest BCUT2D eigenvalue weighted by Gasteiger charge is 2.18. The Balaban J connectivity index is 1.06. The van der Waals surface area contributed by atoms with Crippen LogP contribution in [0.3, 0.4) is 0 Å². The molecule has 0 spiro atoms. The quantitative estimate of drug-likeness (QED) is 0.171. The van der Waals surface area contributed by atoms with Gasteiger partial charge >= 0.3 is 0 Å². The molecule has 2 aromatic heterocycles. The molecule has 0 bridgehead atoms. The number of nitrogens with zero attached hydrogens (tertiary/aromatic N) is 4. The van der Waals surface area contributed by atoms with Crippen LogP contribution in [0.25, 0.3) is 105 Å². The zero-order valence-electron chi connectivity index (χ0n) is 30.9. The van der Waals surface area contributed by atoms with Gasteiger partial charge in [0.25, 0.3) is 0 Å². The second-order valence-corrected chi connectivity index (χ2v) is 14.4. The van der Waals surface area contributed by atoms with Gasteiger partial charge in [-0.1, -0.05) is 176 Å². The normalized spacial score (nSPS) is 11.5. The van der Waals surface area contributed by atoms with Crippen molar-refractivity contribution in [3.63, 3.8) is 0 Å². The third kappa shape index (κ3) is 5.66. The lowest BCUT2D eigenvalue weighted by atomic mass is 9.94. The fraction of sp³-hybridized carbons (Fsp3) is 0. The summed E-state index contributed by atoms with van der Waals surface area (Å²) in [5.74, 6) is 1.90. The number of fused-ring (bicyclic) bond motifs is 6. The second-order valence-electron chi connectivity index (χ2n) is 14.4. The Labute approximate surface area is 330 Å². The molecule has 266 valence electrons. The van der Waals surface area contributed by atoms with Gasteiger partial charge < -0.3 is 4.57 Å². The van der Waals surface area contributed by atoms with E-state index in [0.29, 0.717) is 17.5 Å². The largest absolute Gasteiger partial charge is 0.309 e. The summed E-state index contributed by atoms with van der Waals surface area (Å²) >= 11 is 0. The van der Waals surface area contributed by atoms with Gasteiger partial charge in [0.2, 0.25) is 0 Å². The van der Waals surface area contributed by atoms with Gasteiger partial charge in [0, 0.05) is 38.5 Å². The van der Waals surface area contributed by atoms with E-state index in [1.807, 2.05) is 18.2 Å². The summed E-state index contributed by atoms with van der Waals surface area (Å²) in [5, 5.41) is 7.21. The zero-order valence-corrected chi connectivity index (χ0v) is 30.9. The van der Waals surface area contributed by atoms with Crippen molar-refractivity contribution in [2.75, 3.05) is 0 Å². The molecule has 0 unspecified atom stereocenters. The van der Waals surface area contributed by atoms with Crippen LogP contribution in [0, 0.1) is 0 Å². The Morgan fingerprint density at radius 2 is 0.842 bits per heavy atom. The Morgan fingerprint density at radius 1 is 0.298 bits per heavy atom. The molecule has 0 amide bonds. The van der Waals surface area contributed by atoms with E-state index in [1.165, 1.54) is 43.7 Å². The van der Waals surface area contributed by atoms with E-state index >= 15 is 0 Å². The van der Waals surface area contributed by atoms with Crippen LogP contribution < -0.4 is 0 Å². The van der Waals surface area contributed by atoms with Crippen LogP contribution in [0.15, 0.2) is 206 Å². The average molecular weight is 727 g/mol. The van der Waals surface area contributed by atoms with Crippen LogP contribution in [0.5, 0.6) is 0 Å². The standard InChI is InChI=1S/C53H34N4/c1-3-15-35(16-4-1)42-31-32-48(45-26-10-9-25-44(42)45)53-55-51(37-18-5-2-6-19-37)54-52(56-53)40-22-13-20-38(33-40)39-21-14-23-41(34-39)57-49-28-12-11-27-46(49)47-30-29-36-17-7-8-24-43(36)50(47)57/h1-34H. The van der Waals surface area contributed by atoms with Crippen molar-refractivity contribution in [2.24, 2.45) is 0 Å². The maximum Gasteiger partial charge on any atom is 0.164 e. The van der Waals surface area contributed by atoms with Gasteiger partial charge in [-0.15, -0.1) is 0 Å². The molecule has 0 saturated heterocycles. The van der Waals surface area contributed by atoms with E-state index in [9.17, 15) is 0 Å². The lowest BCUT2D eigenvalue weighted by Gasteiger charge is -2.14. The van der Waals surface area contributed by atoms with Crippen LogP contribution in [0.1, 0.15) is 0 Å². The van der Waals surface area contributed by atoms with Gasteiger partial charge in [-0.05, 0) is 68.7 Å². The van der Waals surface area contributed by atoms with Gasteiger partial charge in [-0.3, -0.25) is 0 Å². The first-order chi connectivity index (χ1) is 28.3. The first-order valence-corrected chi connectivity index (χ1v) is 19.3. The van der Waals surface area contributed by atoms with Crippen LogP contribution in [-0.4, -0.2) is 19.5 Å². The van der Waals surface area contributed by atoms with Crippen LogP contribution in [0.2, 0.25) is 0 Å². The SMILES string of the molecule is c1ccc(-c2nc(-c3cccc(-c4cccc(-n5c6ccccc6c6ccc7ccccc7c65)c4)c3)nc(-c3ccc(-c4ccccc4)c4ccccc34)n2)cc1. The monoisotopic (exact) mass is 726 g/mol. The third-order valence-corrected chi connectivity index (χ3v) is 11.0. The Bertz CT molecular complexity index is 3290. The van der Waals surface area contributed by atoms with E-state index in [-0.39, 0.29) is 0 Å². The maximum absolute atomic E-state index is 5.22. The highest BCUT2D eigenvalue weighted by molar-refractivity contribution is 6.18. The summed E-state index contributed by atoms with van der Waals surface area (Å²) < 4.78 is 2.41. The molecule has 9 aromatic carbocycles. The predicted molar refractivity (Wildman–Crippen MR) is 236 cm³/mol. The number of aromatic nitrogens is 4. The summed E-state index contributed by atoms with van der Waals surface area (Å²) in [6.45, 7) is 0. The predicted octanol–water partition coefficient (Wildman–Crippen LogP) is 13.6. The lowest BCUT2D eigenvalue weighted by Crippen LogP contribution is -2.01. The van der Waals surface area contributed by atoms with Crippen molar-refractivity contribution in [2.45, 2.75) is 0 Å². The van der Waals surface area contributed by atoms with Crippen molar-refractivity contribution in [1.82, 2.24) is 19.5 Å². The van der Waals surface area contributed by atoms with Gasteiger partial charge in [0.05, 0.1) is 11.0 Å². The van der Waals surface area contributed by atoms with E-state index in [4.69, 9.17) is 15.0 Å². The fourth-order valence-electron chi connectivity index (χ4n) is 8.37. The van der Waals surface area contributed by atoms with Crippen molar-refractivity contribution < 1.29 is 0 Å². The average Bonchev–Trinajstić information content (AvgIpc) is 3.64. The summed E-state index contributed by atoms with van der Waals surface area (Å²) in [6, 6.07) is 72.8. The first kappa shape index (κ1) is 32.7. The molecule has 0 aliphatic heterocycles. The minimum Gasteiger partial charge on any atom is -0.309 e. The van der Waals surface area contributed by atoms with Crippen molar-refractivity contribution in [3.05, 3.63) is 206 Å². The Hall–Kier alpha value is -7.69. The molecular weight excluding hydrogens is 693 g/mol. The summed E-state index contributed by atoms with van der Waals surface area (Å²) in [5.41, 5.74) is 10.9. The van der Waals surface area contributed by atoms with Crippen molar-refractivity contribution in [3.8, 4) is 62.1 Å². The minimum absolute atomic E-state index is 0.627. The molecule has 0 saturated carbocycles. The van der Waals surface area contributed by atoms with E-state index < -0.39 is 0 Å². The highest BCUT2D eigenvalue weighted by atomic mass is 15.0. The van der Waals surface area contributed by atoms with Crippen LogP contribution in [0.4, 0.5) is 0 Å². The number of rotatable bonds is 6. The van der Waals surface area contributed by atoms with Crippen LogP contribution >= 0.6 is 0 Å². The first-order valence-electron chi connectivity index (χ1n) is 19.3. The molecule has 0 aliphatic rings. The molecule has 0 atom stereocenters. The fourth-order valence-corrected chi connectivity index (χ4v) is 8.37. The molecule has 4 nitrogen and oxygen atoms in total. The topological polar surface area (TPSA) is 43.6 Å². The number of hydrogen-bond donors (Lipinski definition) is 0. The molecule has 4 heteroatoms. The summed E-state index contributed by atoms with van der Waals surface area (Å²) in [7, 11) is 0. The molecule has 11 rings (SSSR count). The zero-order chi connectivity index (χ0) is 37.7. The molecule has 2 heterocycles. The highest BCUT2D eigenvalue weighted by Crippen LogP contribution is 2.39. The van der Waals surface area contributed by atoms with Crippen molar-refractivity contribution in [1.29, 1.82) is 0 Å². The number of hydrogen-bond acceptors (Lipinski definition) is 3. The molecule has 0 fully saturated rings. The summed E-state index contributed by atoms with van der Waals surface area (Å²) in [4.78, 5) is 15.4. The molecule has 57 heavy (non-hydrogen) atoms. The molecule has 0 aliphatic carbocycles. The Morgan fingerprint density at radius 3 is 1.63 bits per heavy atom. The number of para-hydroxylation sites is 1. The minimum atomic E-state index is 0.627. The van der Waals surface area contributed by atoms with E-state index in [2.05, 4.69) is 193 Å². The lowest BCUT2D eigenvalue weighted by molar-refractivity contribution is 1.08. The third-order valence-electron chi connectivity index (χ3n) is 11.0. The number of benzene rings is 9. The van der Waals surface area contributed by atoms with Gasteiger partial charge in [0.15, 0.2) is 17.5 Å². The van der Waals surface area contributed by atoms with Gasteiger partial charge in [-0.25, -0.2) is 15.0 Å². The maximum atomic E-state index is 5.22. The Kier molecular flexibility index (Phi) is 7.78. The van der Waals surface area contributed by atoms with E-state index in [1.54, 1.807) is 0 Å². The molecular formula is C53H34N4. The molecule has 0 radical (unpaired) electrons. The summed E-state index contributed by atoms with van der Waals surface area (Å²) in [6.07, 6.45) is 0. The van der Waals surface area contributed by atoms with Gasteiger partial charge in [-0.2, -0.15) is 0 Å². The smallest absolute Gasteiger partial charge is 0.164 e.